The maximum absolute atomic E-state index is 13.7. The van der Waals surface area contributed by atoms with Gasteiger partial charge >= 0.3 is 5.97 Å². The van der Waals surface area contributed by atoms with E-state index in [0.29, 0.717) is 11.1 Å². The third kappa shape index (κ3) is 14.4. The van der Waals surface area contributed by atoms with E-state index >= 15 is 0 Å². The number of carbonyl (C=O) groups is 4. The average molecular weight is 657 g/mol. The second-order valence-electron chi connectivity index (χ2n) is 10.8. The molecule has 16 N–H and O–H groups in total. The van der Waals surface area contributed by atoms with Crippen LogP contribution in [-0.2, 0) is 32.0 Å². The Morgan fingerprint density at radius 1 is 0.617 bits per heavy atom. The van der Waals surface area contributed by atoms with E-state index in [1.807, 2.05) is 0 Å². The zero-order chi connectivity index (χ0) is 34.9. The number of benzene rings is 2. The van der Waals surface area contributed by atoms with Crippen molar-refractivity contribution in [2.75, 3.05) is 13.1 Å². The summed E-state index contributed by atoms with van der Waals surface area (Å²) in [5, 5.41) is 36.6. The highest BCUT2D eigenvalue weighted by Crippen LogP contribution is 2.14. The molecule has 2 aromatic rings. The van der Waals surface area contributed by atoms with E-state index in [4.69, 9.17) is 28.7 Å². The smallest absolute Gasteiger partial charge is 0.326 e. The molecular formula is C30H44N10O7. The Labute approximate surface area is 271 Å². The molecule has 4 unspecified atom stereocenters. The minimum atomic E-state index is -1.31. The van der Waals surface area contributed by atoms with Crippen LogP contribution in [-0.4, -0.2) is 88.2 Å². The molecule has 0 heterocycles. The Kier molecular flexibility index (Phi) is 15.2. The number of rotatable bonds is 19. The first-order chi connectivity index (χ1) is 22.2. The van der Waals surface area contributed by atoms with Crippen molar-refractivity contribution in [3.8, 4) is 11.5 Å². The number of nitrogens with two attached hydrogens (primary N) is 5. The number of amides is 3. The molecule has 0 aliphatic heterocycles. The van der Waals surface area contributed by atoms with E-state index in [-0.39, 0.29) is 75.0 Å². The SMILES string of the molecule is NC(N)=NCCCC(NC(=O)C(CCCN=C(N)N)NC(=O)C(Cc1ccc(O)cc1)NC(=O)C(N)Cc1ccc(O)cc1)C(=O)O. The van der Waals surface area contributed by atoms with Crippen LogP contribution in [0.3, 0.4) is 0 Å². The second kappa shape index (κ2) is 19.1. The Hall–Kier alpha value is -5.58. The molecule has 4 atom stereocenters. The summed E-state index contributed by atoms with van der Waals surface area (Å²) >= 11 is 0. The summed E-state index contributed by atoms with van der Waals surface area (Å²) < 4.78 is 0. The standard InChI is InChI=1S/C30H44N10O7/c31-21(15-17-5-9-19(41)10-6-17)25(43)40-24(16-18-7-11-20(42)12-8-18)27(45)38-22(3-1-13-36-29(32)33)26(44)39-23(28(46)47)4-2-14-37-30(34)35/h5-12,21-24,41-42H,1-4,13-16,31H2,(H,38,45)(H,39,44)(H,40,43)(H,46,47)(H4,32,33,36)(H4,34,35,37). The summed E-state index contributed by atoms with van der Waals surface area (Å²) in [6.07, 6.45) is 0.594. The van der Waals surface area contributed by atoms with Gasteiger partial charge in [-0.1, -0.05) is 24.3 Å². The molecule has 47 heavy (non-hydrogen) atoms. The minimum Gasteiger partial charge on any atom is -0.508 e. The van der Waals surface area contributed by atoms with Gasteiger partial charge in [-0.05, 0) is 67.5 Å². The van der Waals surface area contributed by atoms with Crippen LogP contribution >= 0.6 is 0 Å². The zero-order valence-electron chi connectivity index (χ0n) is 25.8. The molecule has 0 aromatic heterocycles. The van der Waals surface area contributed by atoms with Crippen molar-refractivity contribution in [3.63, 3.8) is 0 Å². The van der Waals surface area contributed by atoms with Gasteiger partial charge in [-0.25, -0.2) is 4.79 Å². The lowest BCUT2D eigenvalue weighted by atomic mass is 10.0. The summed E-state index contributed by atoms with van der Waals surface area (Å²) in [6, 6.07) is 7.28. The maximum atomic E-state index is 13.7. The quantitative estimate of drug-likeness (QED) is 0.0438. The van der Waals surface area contributed by atoms with Gasteiger partial charge in [0, 0.05) is 19.5 Å². The van der Waals surface area contributed by atoms with Gasteiger partial charge in [0.25, 0.3) is 0 Å². The van der Waals surface area contributed by atoms with Crippen LogP contribution in [0.15, 0.2) is 58.5 Å². The fourth-order valence-electron chi connectivity index (χ4n) is 4.41. The first kappa shape index (κ1) is 37.6. The van der Waals surface area contributed by atoms with Crippen molar-refractivity contribution in [2.24, 2.45) is 38.7 Å². The van der Waals surface area contributed by atoms with Crippen LogP contribution in [0.2, 0.25) is 0 Å². The number of nitrogens with zero attached hydrogens (tertiary/aromatic N) is 2. The monoisotopic (exact) mass is 656 g/mol. The highest BCUT2D eigenvalue weighted by atomic mass is 16.4. The molecule has 0 saturated heterocycles. The maximum Gasteiger partial charge on any atom is 0.326 e. The van der Waals surface area contributed by atoms with Crippen LogP contribution < -0.4 is 44.6 Å². The number of phenols is 2. The molecule has 2 aromatic carbocycles. The summed E-state index contributed by atoms with van der Waals surface area (Å²) in [6.45, 7) is 0.275. The van der Waals surface area contributed by atoms with Crippen LogP contribution in [0.25, 0.3) is 0 Å². The minimum absolute atomic E-state index is 0.00139. The zero-order valence-corrected chi connectivity index (χ0v) is 25.8. The summed E-state index contributed by atoms with van der Waals surface area (Å²) in [7, 11) is 0. The van der Waals surface area contributed by atoms with Crippen molar-refractivity contribution in [3.05, 3.63) is 59.7 Å². The van der Waals surface area contributed by atoms with E-state index in [1.54, 1.807) is 24.3 Å². The Morgan fingerprint density at radius 3 is 1.49 bits per heavy atom. The molecule has 0 aliphatic rings. The van der Waals surface area contributed by atoms with E-state index in [1.165, 1.54) is 24.3 Å². The molecular weight excluding hydrogens is 612 g/mol. The molecule has 2 rings (SSSR count). The highest BCUT2D eigenvalue weighted by molar-refractivity contribution is 5.94. The number of aliphatic carboxylic acids is 1. The lowest BCUT2D eigenvalue weighted by molar-refractivity contribution is -0.142. The van der Waals surface area contributed by atoms with Gasteiger partial charge < -0.3 is 59.9 Å². The number of aromatic hydroxyl groups is 2. The predicted molar refractivity (Wildman–Crippen MR) is 175 cm³/mol. The molecule has 0 spiro atoms. The van der Waals surface area contributed by atoms with E-state index in [2.05, 4.69) is 25.9 Å². The summed E-state index contributed by atoms with van der Waals surface area (Å²) in [5.41, 5.74) is 28.8. The van der Waals surface area contributed by atoms with E-state index < -0.39 is 47.9 Å². The highest BCUT2D eigenvalue weighted by Gasteiger charge is 2.30. The number of carboxylic acids is 1. The molecule has 17 heteroatoms. The van der Waals surface area contributed by atoms with Crippen LogP contribution in [0.5, 0.6) is 11.5 Å². The van der Waals surface area contributed by atoms with Crippen molar-refractivity contribution >= 4 is 35.6 Å². The van der Waals surface area contributed by atoms with Crippen LogP contribution in [0.4, 0.5) is 0 Å². The summed E-state index contributed by atoms with van der Waals surface area (Å²) in [5.74, 6) is -3.75. The summed E-state index contributed by atoms with van der Waals surface area (Å²) in [4.78, 5) is 59.7. The molecule has 256 valence electrons. The normalized spacial score (nSPS) is 13.2. The molecule has 0 fully saturated rings. The number of guanidine groups is 2. The van der Waals surface area contributed by atoms with Crippen molar-refractivity contribution in [2.45, 2.75) is 62.7 Å². The molecule has 0 aliphatic carbocycles. The van der Waals surface area contributed by atoms with Crippen LogP contribution in [0.1, 0.15) is 36.8 Å². The molecule has 3 amide bonds. The number of aliphatic imine (C=N–C) groups is 2. The first-order valence-corrected chi connectivity index (χ1v) is 14.8. The third-order valence-electron chi connectivity index (χ3n) is 6.88. The number of phenolic OH excluding ortho intramolecular Hbond substituents is 2. The van der Waals surface area contributed by atoms with Gasteiger partial charge in [0.1, 0.15) is 29.6 Å². The Balaban J connectivity index is 2.26. The van der Waals surface area contributed by atoms with Gasteiger partial charge in [-0.15, -0.1) is 0 Å². The van der Waals surface area contributed by atoms with Gasteiger partial charge in [-0.2, -0.15) is 0 Å². The Morgan fingerprint density at radius 2 is 1.02 bits per heavy atom. The van der Waals surface area contributed by atoms with E-state index in [9.17, 15) is 34.5 Å². The fraction of sp³-hybridized carbons (Fsp3) is 0.400. The third-order valence-corrected chi connectivity index (χ3v) is 6.88. The van der Waals surface area contributed by atoms with Gasteiger partial charge in [0.15, 0.2) is 11.9 Å². The number of hydrogen-bond acceptors (Lipinski definition) is 9. The largest absolute Gasteiger partial charge is 0.508 e. The molecule has 0 saturated carbocycles. The van der Waals surface area contributed by atoms with Crippen molar-refractivity contribution < 1.29 is 34.5 Å². The number of nitrogens with one attached hydrogen (secondary N) is 3. The van der Waals surface area contributed by atoms with Crippen molar-refractivity contribution in [1.82, 2.24) is 16.0 Å². The molecule has 0 bridgehead atoms. The average Bonchev–Trinajstić information content (AvgIpc) is 3.01. The lowest BCUT2D eigenvalue weighted by Crippen LogP contribution is -2.57. The lowest BCUT2D eigenvalue weighted by Gasteiger charge is -2.25. The topological polar surface area (TPSA) is 320 Å². The van der Waals surface area contributed by atoms with E-state index in [0.717, 1.165) is 0 Å². The predicted octanol–water partition coefficient (Wildman–Crippen LogP) is -2.14. The Bertz CT molecular complexity index is 1390. The second-order valence-corrected chi connectivity index (χ2v) is 10.8. The fourth-order valence-corrected chi connectivity index (χ4v) is 4.41. The number of carboxylic acid groups (broad SMARTS) is 1. The molecule has 17 nitrogen and oxygen atoms in total. The van der Waals surface area contributed by atoms with Gasteiger partial charge in [0.2, 0.25) is 17.7 Å². The van der Waals surface area contributed by atoms with Gasteiger partial charge in [-0.3, -0.25) is 24.4 Å². The van der Waals surface area contributed by atoms with Crippen LogP contribution in [0, 0.1) is 0 Å². The number of carbonyl (C=O) groups excluding carboxylic acids is 3. The number of hydrogen-bond donors (Lipinski definition) is 11. The van der Waals surface area contributed by atoms with Gasteiger partial charge in [0.05, 0.1) is 6.04 Å². The van der Waals surface area contributed by atoms with Crippen molar-refractivity contribution in [1.29, 1.82) is 0 Å². The first-order valence-electron chi connectivity index (χ1n) is 14.8. The molecule has 0 radical (unpaired) electrons.